The van der Waals surface area contributed by atoms with Gasteiger partial charge < -0.3 is 5.32 Å². The Morgan fingerprint density at radius 1 is 0.923 bits per heavy atom. The molecule has 3 aromatic rings. The van der Waals surface area contributed by atoms with Crippen molar-refractivity contribution < 1.29 is 19.2 Å². The summed E-state index contributed by atoms with van der Waals surface area (Å²) < 4.78 is 0. The molecule has 8 heteroatoms. The minimum Gasteiger partial charge on any atom is -0.326 e. The number of nitrogens with zero attached hydrogens (tertiary/aromatic N) is 2. The van der Waals surface area contributed by atoms with E-state index in [9.17, 15) is 19.2 Å². The van der Waals surface area contributed by atoms with Crippen molar-refractivity contribution >= 4 is 51.7 Å². The Kier molecular flexibility index (Phi) is 7.74. The van der Waals surface area contributed by atoms with Gasteiger partial charge in [0, 0.05) is 23.2 Å². The van der Waals surface area contributed by atoms with Gasteiger partial charge in [-0.1, -0.05) is 36.0 Å². The third kappa shape index (κ3) is 5.86. The van der Waals surface area contributed by atoms with Gasteiger partial charge in [-0.15, -0.1) is 0 Å². The normalized spacial score (nSPS) is 19.6. The van der Waals surface area contributed by atoms with Crippen molar-refractivity contribution in [3.05, 3.63) is 95.1 Å². The van der Waals surface area contributed by atoms with Crippen LogP contribution in [0.2, 0.25) is 0 Å². The number of Topliss-reactive ketones (excluding diaryl/α,β-unsaturated/α-hetero) is 2. The second-order valence-electron chi connectivity index (χ2n) is 9.80. The third-order valence-electron chi connectivity index (χ3n) is 7.06. The van der Waals surface area contributed by atoms with Gasteiger partial charge in [0.05, 0.1) is 11.7 Å². The lowest BCUT2D eigenvalue weighted by atomic mass is 9.87. The number of aryl methyl sites for hydroxylation is 1. The lowest BCUT2D eigenvalue weighted by Gasteiger charge is -2.33. The van der Waals surface area contributed by atoms with Crippen molar-refractivity contribution in [2.45, 2.75) is 50.8 Å². The average Bonchev–Trinajstić information content (AvgIpc) is 3.22. The van der Waals surface area contributed by atoms with Crippen molar-refractivity contribution in [3.63, 3.8) is 0 Å². The van der Waals surface area contributed by atoms with Crippen LogP contribution in [0.3, 0.4) is 0 Å². The van der Waals surface area contributed by atoms with Gasteiger partial charge in [0.25, 0.3) is 0 Å². The summed E-state index contributed by atoms with van der Waals surface area (Å²) in [6, 6.07) is 21.7. The summed E-state index contributed by atoms with van der Waals surface area (Å²) in [4.78, 5) is 56.6. The number of benzene rings is 3. The Balaban J connectivity index is 1.41. The summed E-state index contributed by atoms with van der Waals surface area (Å²) in [6.07, 6.45) is 2.73. The maximum absolute atomic E-state index is 13.8. The van der Waals surface area contributed by atoms with Crippen LogP contribution in [0.15, 0.2) is 77.8 Å². The van der Waals surface area contributed by atoms with Gasteiger partial charge in [0.1, 0.15) is 5.25 Å². The first-order valence-corrected chi connectivity index (χ1v) is 13.9. The Morgan fingerprint density at radius 2 is 1.56 bits per heavy atom. The standard InChI is InChI=1S/C31H29N3O4S/c1-19(35)21-10-14-24(15-11-21)32-29(37)18-28-30(38)34(27-9-5-7-23-6-3-4-8-26(23)27)31(39-28)33-25-16-12-22(13-17-25)20(2)36/h3-4,6,8,10-17,27-28H,5,7,9,18H2,1-2H3,(H,32,37)/t27-,28-/m1/s1. The van der Waals surface area contributed by atoms with Crippen LogP contribution in [-0.2, 0) is 16.0 Å². The Hall–Kier alpha value is -4.04. The molecule has 39 heavy (non-hydrogen) atoms. The first-order chi connectivity index (χ1) is 18.8. The number of amides is 2. The van der Waals surface area contributed by atoms with Gasteiger partial charge in [0.15, 0.2) is 16.7 Å². The van der Waals surface area contributed by atoms with E-state index in [1.165, 1.54) is 31.2 Å². The zero-order chi connectivity index (χ0) is 27.5. The highest BCUT2D eigenvalue weighted by Crippen LogP contribution is 2.42. The van der Waals surface area contributed by atoms with E-state index in [1.807, 2.05) is 12.1 Å². The fourth-order valence-electron chi connectivity index (χ4n) is 5.03. The number of ketones is 2. The van der Waals surface area contributed by atoms with E-state index in [4.69, 9.17) is 4.99 Å². The Morgan fingerprint density at radius 3 is 2.23 bits per heavy atom. The van der Waals surface area contributed by atoms with Crippen LogP contribution in [0.5, 0.6) is 0 Å². The molecule has 1 N–H and O–H groups in total. The summed E-state index contributed by atoms with van der Waals surface area (Å²) in [5.74, 6) is -0.495. The molecular formula is C31H29N3O4S. The van der Waals surface area contributed by atoms with Crippen LogP contribution in [0, 0.1) is 0 Å². The van der Waals surface area contributed by atoms with Crippen LogP contribution in [-0.4, -0.2) is 38.7 Å². The molecule has 0 radical (unpaired) electrons. The van der Waals surface area contributed by atoms with Crippen molar-refractivity contribution in [3.8, 4) is 0 Å². The molecule has 0 bridgehead atoms. The molecule has 1 saturated heterocycles. The minimum absolute atomic E-state index is 0.00881. The molecular weight excluding hydrogens is 510 g/mol. The Labute approximate surface area is 231 Å². The van der Waals surface area contributed by atoms with Crippen molar-refractivity contribution in [2.75, 3.05) is 5.32 Å². The van der Waals surface area contributed by atoms with Gasteiger partial charge in [-0.05, 0) is 92.8 Å². The van der Waals surface area contributed by atoms with E-state index < -0.39 is 5.25 Å². The monoisotopic (exact) mass is 539 g/mol. The number of amidine groups is 1. The zero-order valence-corrected chi connectivity index (χ0v) is 22.7. The minimum atomic E-state index is -0.620. The summed E-state index contributed by atoms with van der Waals surface area (Å²) in [6.45, 7) is 3.01. The number of carbonyl (C=O) groups is 4. The molecule has 1 aliphatic carbocycles. The van der Waals surface area contributed by atoms with Crippen LogP contribution in [0.4, 0.5) is 11.4 Å². The lowest BCUT2D eigenvalue weighted by Crippen LogP contribution is -2.38. The SMILES string of the molecule is CC(=O)c1ccc(N=C2S[C@H](CC(=O)Nc3ccc(C(C)=O)cc3)C(=O)N2[C@@H]2CCCc3ccccc32)cc1. The number of aliphatic imine (C=N–C) groups is 1. The van der Waals surface area contributed by atoms with Crippen molar-refractivity contribution in [1.29, 1.82) is 0 Å². The van der Waals surface area contributed by atoms with E-state index in [-0.39, 0.29) is 35.8 Å². The fourth-order valence-corrected chi connectivity index (χ4v) is 6.22. The summed E-state index contributed by atoms with van der Waals surface area (Å²) in [5.41, 5.74) is 4.71. The largest absolute Gasteiger partial charge is 0.326 e. The maximum Gasteiger partial charge on any atom is 0.243 e. The molecule has 0 saturated carbocycles. The highest BCUT2D eigenvalue weighted by atomic mass is 32.2. The maximum atomic E-state index is 13.8. The predicted molar refractivity (Wildman–Crippen MR) is 154 cm³/mol. The van der Waals surface area contributed by atoms with E-state index in [1.54, 1.807) is 53.4 Å². The molecule has 1 fully saturated rings. The highest BCUT2D eigenvalue weighted by molar-refractivity contribution is 8.15. The molecule has 2 atom stereocenters. The predicted octanol–water partition coefficient (Wildman–Crippen LogP) is 6.13. The molecule has 0 spiro atoms. The number of fused-ring (bicyclic) bond motifs is 1. The topological polar surface area (TPSA) is 95.9 Å². The summed E-state index contributed by atoms with van der Waals surface area (Å²) >= 11 is 1.30. The number of rotatable bonds is 7. The molecule has 1 aliphatic heterocycles. The molecule has 7 nitrogen and oxygen atoms in total. The van der Waals surface area contributed by atoms with Gasteiger partial charge in [-0.3, -0.25) is 24.1 Å². The molecule has 2 aliphatic rings. The van der Waals surface area contributed by atoms with Crippen LogP contribution in [0.1, 0.15) is 71.0 Å². The third-order valence-corrected chi connectivity index (χ3v) is 8.21. The number of carbonyl (C=O) groups excluding carboxylic acids is 4. The van der Waals surface area contributed by atoms with Gasteiger partial charge in [-0.2, -0.15) is 0 Å². The summed E-state index contributed by atoms with van der Waals surface area (Å²) in [7, 11) is 0. The number of thioether (sulfide) groups is 1. The van der Waals surface area contributed by atoms with Gasteiger partial charge in [-0.25, -0.2) is 4.99 Å². The van der Waals surface area contributed by atoms with Crippen molar-refractivity contribution in [2.24, 2.45) is 4.99 Å². The molecule has 3 aromatic carbocycles. The van der Waals surface area contributed by atoms with Crippen LogP contribution < -0.4 is 5.32 Å². The van der Waals surface area contributed by atoms with Crippen LogP contribution >= 0.6 is 11.8 Å². The Bertz CT molecular complexity index is 1460. The fraction of sp³-hybridized carbons (Fsp3) is 0.258. The molecule has 0 unspecified atom stereocenters. The smallest absolute Gasteiger partial charge is 0.243 e. The first-order valence-electron chi connectivity index (χ1n) is 13.0. The molecule has 2 amide bonds. The number of anilines is 1. The second-order valence-corrected chi connectivity index (χ2v) is 11.0. The first kappa shape index (κ1) is 26.6. The van der Waals surface area contributed by atoms with Crippen molar-refractivity contribution in [1.82, 2.24) is 4.90 Å². The molecule has 198 valence electrons. The van der Waals surface area contributed by atoms with E-state index in [2.05, 4.69) is 17.4 Å². The number of nitrogens with one attached hydrogen (secondary N) is 1. The quantitative estimate of drug-likeness (QED) is 0.365. The van der Waals surface area contributed by atoms with Gasteiger partial charge in [0.2, 0.25) is 11.8 Å². The molecule has 0 aromatic heterocycles. The van der Waals surface area contributed by atoms with E-state index >= 15 is 0 Å². The average molecular weight is 540 g/mol. The van der Waals surface area contributed by atoms with Crippen LogP contribution in [0.25, 0.3) is 0 Å². The van der Waals surface area contributed by atoms with E-state index in [0.717, 1.165) is 24.8 Å². The zero-order valence-electron chi connectivity index (χ0n) is 21.8. The molecule has 1 heterocycles. The lowest BCUT2D eigenvalue weighted by molar-refractivity contribution is -0.129. The summed E-state index contributed by atoms with van der Waals surface area (Å²) in [5, 5.41) is 2.78. The molecule has 5 rings (SSSR count). The van der Waals surface area contributed by atoms with E-state index in [0.29, 0.717) is 27.7 Å². The number of hydrogen-bond donors (Lipinski definition) is 1. The van der Waals surface area contributed by atoms with Gasteiger partial charge >= 0.3 is 0 Å². The number of hydrogen-bond acceptors (Lipinski definition) is 6. The highest BCUT2D eigenvalue weighted by Gasteiger charge is 2.44. The second kappa shape index (κ2) is 11.4.